The summed E-state index contributed by atoms with van der Waals surface area (Å²) >= 11 is 3.46. The molecule has 5 nitrogen and oxygen atoms in total. The molecule has 2 heterocycles. The summed E-state index contributed by atoms with van der Waals surface area (Å²) in [5.74, 6) is 1.80. The highest BCUT2D eigenvalue weighted by molar-refractivity contribution is 7.99. The molecule has 5 rings (SSSR count). The van der Waals surface area contributed by atoms with Crippen LogP contribution in [0.5, 0.6) is 0 Å². The zero-order valence-corrected chi connectivity index (χ0v) is 19.8. The number of rotatable bonds is 8. The molecule has 2 aromatic heterocycles. The van der Waals surface area contributed by atoms with Crippen LogP contribution in [0.4, 0.5) is 0 Å². The van der Waals surface area contributed by atoms with Gasteiger partial charge >= 0.3 is 0 Å². The number of furan rings is 1. The van der Waals surface area contributed by atoms with Gasteiger partial charge in [0.05, 0.1) is 11.0 Å². The number of para-hydroxylation sites is 3. The number of hydrogen-bond acceptors (Lipinski definition) is 5. The topological polar surface area (TPSA) is 70.9 Å². The number of benzene rings is 3. The van der Waals surface area contributed by atoms with Gasteiger partial charge in [-0.15, -0.1) is 11.8 Å². The predicted molar refractivity (Wildman–Crippen MR) is 136 cm³/mol. The maximum atomic E-state index is 12.4. The monoisotopic (exact) mass is 473 g/mol. The molecule has 166 valence electrons. The van der Waals surface area contributed by atoms with Crippen molar-refractivity contribution in [2.75, 3.05) is 12.3 Å². The van der Waals surface area contributed by atoms with Crippen LogP contribution in [0.15, 0.2) is 87.3 Å². The molecule has 1 amide bonds. The van der Waals surface area contributed by atoms with Crippen molar-refractivity contribution in [3.63, 3.8) is 0 Å². The first-order chi connectivity index (χ1) is 16.2. The van der Waals surface area contributed by atoms with Crippen molar-refractivity contribution in [2.24, 2.45) is 0 Å². The third kappa shape index (κ3) is 4.94. The van der Waals surface area contributed by atoms with Crippen LogP contribution in [0.3, 0.4) is 0 Å². The van der Waals surface area contributed by atoms with Gasteiger partial charge in [-0.05, 0) is 48.4 Å². The molecule has 0 spiro atoms. The van der Waals surface area contributed by atoms with Gasteiger partial charge in [0.15, 0.2) is 10.9 Å². The maximum Gasteiger partial charge on any atom is 0.287 e. The molecule has 0 saturated heterocycles. The van der Waals surface area contributed by atoms with E-state index in [0.29, 0.717) is 12.3 Å². The van der Waals surface area contributed by atoms with Crippen molar-refractivity contribution in [2.45, 2.75) is 22.7 Å². The van der Waals surface area contributed by atoms with Gasteiger partial charge in [0, 0.05) is 28.3 Å². The molecule has 0 atom stereocenters. The second-order valence-corrected chi connectivity index (χ2v) is 9.74. The Bertz CT molecular complexity index is 1360. The van der Waals surface area contributed by atoms with E-state index < -0.39 is 0 Å². The molecule has 3 aromatic carbocycles. The van der Waals surface area contributed by atoms with Crippen molar-refractivity contribution in [1.82, 2.24) is 15.3 Å². The van der Waals surface area contributed by atoms with E-state index in [0.717, 1.165) is 38.7 Å². The lowest BCUT2D eigenvalue weighted by Gasteiger charge is -2.11. The first-order valence-corrected chi connectivity index (χ1v) is 12.7. The lowest BCUT2D eigenvalue weighted by molar-refractivity contribution is 0.0930. The molecule has 0 unspecified atom stereocenters. The van der Waals surface area contributed by atoms with Crippen LogP contribution in [-0.2, 0) is 5.75 Å². The van der Waals surface area contributed by atoms with E-state index in [1.54, 1.807) is 29.6 Å². The third-order valence-electron chi connectivity index (χ3n) is 5.42. The number of nitrogens with one attached hydrogen (secondary N) is 2. The highest BCUT2D eigenvalue weighted by Gasteiger charge is 2.12. The number of nitrogens with zero attached hydrogens (tertiary/aromatic N) is 1. The van der Waals surface area contributed by atoms with Crippen molar-refractivity contribution in [3.05, 3.63) is 89.7 Å². The number of imidazole rings is 1. The van der Waals surface area contributed by atoms with Gasteiger partial charge < -0.3 is 14.7 Å². The van der Waals surface area contributed by atoms with E-state index in [-0.39, 0.29) is 5.91 Å². The predicted octanol–water partition coefficient (Wildman–Crippen LogP) is 6.43. The normalized spacial score (nSPS) is 11.3. The molecule has 0 saturated carbocycles. The van der Waals surface area contributed by atoms with Crippen LogP contribution >= 0.6 is 23.5 Å². The number of fused-ring (bicyclic) bond motifs is 2. The van der Waals surface area contributed by atoms with Gasteiger partial charge in [0.25, 0.3) is 5.91 Å². The molecule has 0 radical (unpaired) electrons. The average Bonchev–Trinajstić information content (AvgIpc) is 3.45. The quantitative estimate of drug-likeness (QED) is 0.201. The Hall–Kier alpha value is -3.16. The Morgan fingerprint density at radius 2 is 1.88 bits per heavy atom. The zero-order valence-electron chi connectivity index (χ0n) is 18.1. The fourth-order valence-electron chi connectivity index (χ4n) is 3.62. The number of amides is 1. The first kappa shape index (κ1) is 21.7. The summed E-state index contributed by atoms with van der Waals surface area (Å²) in [5.41, 5.74) is 5.34. The van der Waals surface area contributed by atoms with Gasteiger partial charge in [-0.1, -0.05) is 54.2 Å². The fraction of sp³-hybridized carbons (Fsp3) is 0.154. The molecule has 0 aliphatic heterocycles. The second kappa shape index (κ2) is 9.77. The summed E-state index contributed by atoms with van der Waals surface area (Å²) in [6.45, 7) is 2.72. The van der Waals surface area contributed by atoms with E-state index >= 15 is 0 Å². The molecule has 0 aliphatic rings. The summed E-state index contributed by atoms with van der Waals surface area (Å²) in [4.78, 5) is 21.7. The number of H-pyrrole nitrogens is 1. The SMILES string of the molecule is Cc1c(CSc2nc3ccccc3[nH]2)cccc1SCCNC(=O)c1cc2ccccc2o1. The van der Waals surface area contributed by atoms with Crippen LogP contribution < -0.4 is 5.32 Å². The van der Waals surface area contributed by atoms with Crippen LogP contribution in [0.1, 0.15) is 21.7 Å². The Morgan fingerprint density at radius 1 is 1.03 bits per heavy atom. The summed E-state index contributed by atoms with van der Waals surface area (Å²) < 4.78 is 5.63. The number of carbonyl (C=O) groups is 1. The first-order valence-electron chi connectivity index (χ1n) is 10.7. The fourth-order valence-corrected chi connectivity index (χ4v) is 5.52. The maximum absolute atomic E-state index is 12.4. The summed E-state index contributed by atoms with van der Waals surface area (Å²) in [6.07, 6.45) is 0. The Labute approximate surface area is 200 Å². The molecule has 0 bridgehead atoms. The largest absolute Gasteiger partial charge is 0.451 e. The van der Waals surface area contributed by atoms with Crippen molar-refractivity contribution >= 4 is 51.4 Å². The van der Waals surface area contributed by atoms with Gasteiger partial charge in [-0.2, -0.15) is 0 Å². The smallest absolute Gasteiger partial charge is 0.287 e. The molecule has 0 aliphatic carbocycles. The Morgan fingerprint density at radius 3 is 2.76 bits per heavy atom. The lowest BCUT2D eigenvalue weighted by Crippen LogP contribution is -2.25. The highest BCUT2D eigenvalue weighted by atomic mass is 32.2. The van der Waals surface area contributed by atoms with Gasteiger partial charge in [-0.25, -0.2) is 4.98 Å². The number of thioether (sulfide) groups is 2. The van der Waals surface area contributed by atoms with Gasteiger partial charge in [0.1, 0.15) is 5.58 Å². The molecule has 33 heavy (non-hydrogen) atoms. The van der Waals surface area contributed by atoms with Crippen molar-refractivity contribution < 1.29 is 9.21 Å². The number of carbonyl (C=O) groups excluding carboxylic acids is 1. The number of hydrogen-bond donors (Lipinski definition) is 2. The third-order valence-corrected chi connectivity index (χ3v) is 7.51. The summed E-state index contributed by atoms with van der Waals surface area (Å²) in [7, 11) is 0. The standard InChI is InChI=1S/C26H23N3O2S2/c1-17-19(16-33-26-28-20-9-3-4-10-21(20)29-26)8-6-12-24(17)32-14-13-27-25(30)23-15-18-7-2-5-11-22(18)31-23/h2-12,15H,13-14,16H2,1H3,(H,27,30)(H,28,29). The summed E-state index contributed by atoms with van der Waals surface area (Å²) in [6, 6.07) is 23.9. The van der Waals surface area contributed by atoms with Crippen molar-refractivity contribution in [1.29, 1.82) is 0 Å². The van der Waals surface area contributed by atoms with E-state index in [9.17, 15) is 4.79 Å². The number of aromatic nitrogens is 2. The Balaban J connectivity index is 1.14. The zero-order chi connectivity index (χ0) is 22.6. The van der Waals surface area contributed by atoms with E-state index in [4.69, 9.17) is 4.42 Å². The van der Waals surface area contributed by atoms with Crippen molar-refractivity contribution in [3.8, 4) is 0 Å². The highest BCUT2D eigenvalue weighted by Crippen LogP contribution is 2.29. The van der Waals surface area contributed by atoms with Crippen LogP contribution in [0.25, 0.3) is 22.0 Å². The van der Waals surface area contributed by atoms with Crippen LogP contribution in [0, 0.1) is 6.92 Å². The molecule has 0 fully saturated rings. The van der Waals surface area contributed by atoms with E-state index in [1.165, 1.54) is 16.0 Å². The summed E-state index contributed by atoms with van der Waals surface area (Å²) in [5, 5.41) is 4.82. The molecule has 7 heteroatoms. The minimum absolute atomic E-state index is 0.181. The molecule has 5 aromatic rings. The minimum atomic E-state index is -0.181. The Kier molecular flexibility index (Phi) is 6.41. The molecular weight excluding hydrogens is 450 g/mol. The van der Waals surface area contributed by atoms with Gasteiger partial charge in [0.2, 0.25) is 0 Å². The average molecular weight is 474 g/mol. The molecular formula is C26H23N3O2S2. The van der Waals surface area contributed by atoms with Gasteiger partial charge in [-0.3, -0.25) is 4.79 Å². The van der Waals surface area contributed by atoms with Crippen LogP contribution in [0.2, 0.25) is 0 Å². The minimum Gasteiger partial charge on any atom is -0.451 e. The number of aromatic amines is 1. The van der Waals surface area contributed by atoms with E-state index in [2.05, 4.69) is 40.4 Å². The molecule has 2 N–H and O–H groups in total. The van der Waals surface area contributed by atoms with Crippen LogP contribution in [-0.4, -0.2) is 28.2 Å². The lowest BCUT2D eigenvalue weighted by atomic mass is 10.1. The van der Waals surface area contributed by atoms with E-state index in [1.807, 2.05) is 48.5 Å². The second-order valence-electron chi connectivity index (χ2n) is 7.64.